The van der Waals surface area contributed by atoms with Gasteiger partial charge < -0.3 is 4.55 Å². The molecule has 0 fully saturated rings. The molecule has 0 saturated heterocycles. The third-order valence-electron chi connectivity index (χ3n) is 1.77. The van der Waals surface area contributed by atoms with Crippen LogP contribution in [-0.4, -0.2) is 18.9 Å². The molecular weight excluding hydrogens is 220 g/mol. The van der Waals surface area contributed by atoms with Crippen molar-refractivity contribution in [3.05, 3.63) is 34.8 Å². The predicted molar refractivity (Wildman–Crippen MR) is 51.6 cm³/mol. The van der Waals surface area contributed by atoms with Crippen LogP contribution in [0.3, 0.4) is 0 Å². The van der Waals surface area contributed by atoms with Gasteiger partial charge in [0.15, 0.2) is 16.9 Å². The maximum Gasteiger partial charge on any atom is 0.439 e. The molecule has 0 aliphatic heterocycles. The van der Waals surface area contributed by atoms with E-state index in [-0.39, 0.29) is 10.7 Å². The number of aromatic amines is 1. The lowest BCUT2D eigenvalue weighted by atomic mass is 10.2. The van der Waals surface area contributed by atoms with Gasteiger partial charge in [0.2, 0.25) is 0 Å². The van der Waals surface area contributed by atoms with E-state index in [1.165, 1.54) is 12.1 Å². The van der Waals surface area contributed by atoms with Crippen LogP contribution in [-0.2, 0) is 11.1 Å². The van der Waals surface area contributed by atoms with Gasteiger partial charge >= 0.3 is 5.76 Å². The van der Waals surface area contributed by atoms with Gasteiger partial charge in [-0.1, -0.05) is 5.16 Å². The van der Waals surface area contributed by atoms with Crippen molar-refractivity contribution in [2.75, 3.05) is 0 Å². The van der Waals surface area contributed by atoms with Gasteiger partial charge in [0, 0.05) is 5.56 Å². The largest absolute Gasteiger partial charge is 0.439 e. The van der Waals surface area contributed by atoms with Crippen molar-refractivity contribution in [3.63, 3.8) is 0 Å². The molecule has 0 radical (unpaired) electrons. The SMILES string of the molecule is O=c1[nH]c(-c2ccc(S(=O)O)cc2)no1. The average Bonchev–Trinajstić information content (AvgIpc) is 2.65. The van der Waals surface area contributed by atoms with Gasteiger partial charge in [-0.05, 0) is 24.3 Å². The number of rotatable bonds is 2. The Morgan fingerprint density at radius 1 is 1.33 bits per heavy atom. The Hall–Kier alpha value is -1.73. The Morgan fingerprint density at radius 3 is 2.47 bits per heavy atom. The van der Waals surface area contributed by atoms with Crippen LogP contribution in [0.15, 0.2) is 38.5 Å². The minimum absolute atomic E-state index is 0.282. The number of nitrogens with zero attached hydrogens (tertiary/aromatic N) is 1. The monoisotopic (exact) mass is 226 g/mol. The molecule has 0 saturated carbocycles. The zero-order valence-corrected chi connectivity index (χ0v) is 8.15. The van der Waals surface area contributed by atoms with Crippen LogP contribution in [0, 0.1) is 0 Å². The highest BCUT2D eigenvalue weighted by molar-refractivity contribution is 7.79. The quantitative estimate of drug-likeness (QED) is 0.731. The maximum atomic E-state index is 10.7. The van der Waals surface area contributed by atoms with E-state index in [1.54, 1.807) is 12.1 Å². The van der Waals surface area contributed by atoms with Gasteiger partial charge in [-0.25, -0.2) is 9.00 Å². The number of H-pyrrole nitrogens is 1. The van der Waals surface area contributed by atoms with E-state index < -0.39 is 16.8 Å². The van der Waals surface area contributed by atoms with Crippen LogP contribution in [0.1, 0.15) is 0 Å². The van der Waals surface area contributed by atoms with E-state index in [0.717, 1.165) is 0 Å². The lowest BCUT2D eigenvalue weighted by molar-refractivity contribution is 0.388. The minimum Gasteiger partial charge on any atom is -0.302 e. The lowest BCUT2D eigenvalue weighted by Crippen LogP contribution is -1.95. The van der Waals surface area contributed by atoms with Crippen LogP contribution in [0.25, 0.3) is 11.4 Å². The fraction of sp³-hybridized carbons (Fsp3) is 0. The molecule has 0 amide bonds. The van der Waals surface area contributed by atoms with Crippen molar-refractivity contribution in [1.82, 2.24) is 10.1 Å². The Morgan fingerprint density at radius 2 is 2.00 bits per heavy atom. The average molecular weight is 226 g/mol. The van der Waals surface area contributed by atoms with Gasteiger partial charge in [0.1, 0.15) is 0 Å². The maximum absolute atomic E-state index is 10.7. The van der Waals surface area contributed by atoms with Gasteiger partial charge in [-0.15, -0.1) is 0 Å². The summed E-state index contributed by atoms with van der Waals surface area (Å²) in [6, 6.07) is 6.07. The summed E-state index contributed by atoms with van der Waals surface area (Å²) in [5, 5.41) is 3.48. The number of aromatic nitrogens is 2. The van der Waals surface area contributed by atoms with Crippen molar-refractivity contribution in [3.8, 4) is 11.4 Å². The van der Waals surface area contributed by atoms with E-state index in [1.807, 2.05) is 0 Å². The first-order chi connectivity index (χ1) is 7.16. The molecule has 0 bridgehead atoms. The van der Waals surface area contributed by atoms with E-state index in [9.17, 15) is 9.00 Å². The second-order valence-corrected chi connectivity index (χ2v) is 3.69. The molecule has 1 aromatic heterocycles. The molecule has 2 N–H and O–H groups in total. The van der Waals surface area contributed by atoms with Crippen molar-refractivity contribution in [2.24, 2.45) is 0 Å². The highest BCUT2D eigenvalue weighted by Gasteiger charge is 2.05. The molecule has 1 unspecified atom stereocenters. The van der Waals surface area contributed by atoms with Crippen LogP contribution < -0.4 is 5.76 Å². The summed E-state index contributed by atoms with van der Waals surface area (Å²) in [4.78, 5) is 13.3. The summed E-state index contributed by atoms with van der Waals surface area (Å²) in [6.07, 6.45) is 0. The Balaban J connectivity index is 2.39. The van der Waals surface area contributed by atoms with Crippen molar-refractivity contribution >= 4 is 11.1 Å². The summed E-state index contributed by atoms with van der Waals surface area (Å²) in [5.41, 5.74) is 0.607. The molecule has 2 rings (SSSR count). The second-order valence-electron chi connectivity index (χ2n) is 2.72. The lowest BCUT2D eigenvalue weighted by Gasteiger charge is -1.96. The van der Waals surface area contributed by atoms with Crippen molar-refractivity contribution < 1.29 is 13.3 Å². The number of nitrogens with one attached hydrogen (secondary N) is 1. The molecule has 7 heteroatoms. The molecule has 0 aliphatic carbocycles. The van der Waals surface area contributed by atoms with Gasteiger partial charge in [-0.2, -0.15) is 0 Å². The van der Waals surface area contributed by atoms with Crippen molar-refractivity contribution in [1.29, 1.82) is 0 Å². The number of benzene rings is 1. The molecule has 2 aromatic rings. The smallest absolute Gasteiger partial charge is 0.302 e. The molecule has 6 nitrogen and oxygen atoms in total. The summed E-state index contributed by atoms with van der Waals surface area (Å²) in [7, 11) is 0. The molecular formula is C8H6N2O4S. The van der Waals surface area contributed by atoms with Gasteiger partial charge in [-0.3, -0.25) is 9.51 Å². The van der Waals surface area contributed by atoms with E-state index in [2.05, 4.69) is 14.7 Å². The summed E-state index contributed by atoms with van der Waals surface area (Å²) >= 11 is -2.00. The van der Waals surface area contributed by atoms with Crippen molar-refractivity contribution in [2.45, 2.75) is 4.90 Å². The zero-order valence-electron chi connectivity index (χ0n) is 7.34. The number of hydrogen-bond acceptors (Lipinski definition) is 4. The first-order valence-corrected chi connectivity index (χ1v) is 5.05. The molecule has 1 atom stereocenters. The first-order valence-electron chi connectivity index (χ1n) is 3.94. The van der Waals surface area contributed by atoms with Crippen LogP contribution >= 0.6 is 0 Å². The molecule has 0 aliphatic rings. The first kappa shape index (κ1) is 9.81. The molecule has 1 heterocycles. The van der Waals surface area contributed by atoms with Crippen LogP contribution in [0.2, 0.25) is 0 Å². The fourth-order valence-electron chi connectivity index (χ4n) is 1.08. The topological polar surface area (TPSA) is 96.2 Å². The minimum atomic E-state index is -2.00. The Kier molecular flexibility index (Phi) is 2.48. The number of hydrogen-bond donors (Lipinski definition) is 2. The summed E-state index contributed by atoms with van der Waals surface area (Å²) in [5.74, 6) is -0.352. The van der Waals surface area contributed by atoms with Gasteiger partial charge in [0.05, 0.1) is 4.90 Å². The fourth-order valence-corrected chi connectivity index (χ4v) is 1.45. The summed E-state index contributed by atoms with van der Waals surface area (Å²) in [6.45, 7) is 0. The van der Waals surface area contributed by atoms with Crippen LogP contribution in [0.4, 0.5) is 0 Å². The van der Waals surface area contributed by atoms with Crippen LogP contribution in [0.5, 0.6) is 0 Å². The molecule has 15 heavy (non-hydrogen) atoms. The standard InChI is InChI=1S/C8H6N2O4S/c11-8-9-7(10-14-8)5-1-3-6(4-2-5)15(12)13/h1-4H,(H,12,13)(H,9,10,11). The second kappa shape index (κ2) is 3.79. The summed E-state index contributed by atoms with van der Waals surface area (Å²) < 4.78 is 23.8. The predicted octanol–water partition coefficient (Wildman–Crippen LogP) is 0.610. The van der Waals surface area contributed by atoms with E-state index in [4.69, 9.17) is 4.55 Å². The zero-order chi connectivity index (χ0) is 10.8. The van der Waals surface area contributed by atoms with Gasteiger partial charge in [0.25, 0.3) is 0 Å². The molecule has 1 aromatic carbocycles. The Labute approximate surface area is 86.2 Å². The van der Waals surface area contributed by atoms with E-state index >= 15 is 0 Å². The third-order valence-corrected chi connectivity index (χ3v) is 2.45. The Bertz CT molecular complexity index is 542. The van der Waals surface area contributed by atoms with E-state index in [0.29, 0.717) is 5.56 Å². The highest BCUT2D eigenvalue weighted by Crippen LogP contribution is 2.15. The highest BCUT2D eigenvalue weighted by atomic mass is 32.2. The normalized spacial score (nSPS) is 12.6. The third kappa shape index (κ3) is 2.03. The molecule has 0 spiro atoms. The molecule has 78 valence electrons.